The van der Waals surface area contributed by atoms with E-state index >= 15 is 0 Å². The first-order valence-electron chi connectivity index (χ1n) is 4.75. The van der Waals surface area contributed by atoms with Crippen molar-refractivity contribution in [2.45, 2.75) is 24.5 Å². The van der Waals surface area contributed by atoms with Gasteiger partial charge in [-0.05, 0) is 24.3 Å². The molecule has 0 spiro atoms. The molecule has 1 N–H and O–H groups in total. The topological polar surface area (TPSA) is 32.8 Å². The lowest BCUT2D eigenvalue weighted by atomic mass is 10.1. The zero-order valence-corrected chi connectivity index (χ0v) is 7.36. The molecule has 2 nitrogen and oxygen atoms in total. The van der Waals surface area contributed by atoms with Crippen LogP contribution >= 0.6 is 0 Å². The molecule has 1 saturated heterocycles. The summed E-state index contributed by atoms with van der Waals surface area (Å²) in [5.74, 6) is -0.175. The molecular formula is C11H12O2. The highest BCUT2D eigenvalue weighted by Crippen LogP contribution is 2.41. The number of rotatable bonds is 2. The van der Waals surface area contributed by atoms with Gasteiger partial charge in [-0.25, -0.2) is 0 Å². The van der Waals surface area contributed by atoms with Crippen LogP contribution in [0.1, 0.15) is 29.9 Å². The second kappa shape index (κ2) is 2.34. The van der Waals surface area contributed by atoms with Crippen LogP contribution in [0.4, 0.5) is 0 Å². The van der Waals surface area contributed by atoms with Crippen LogP contribution in [-0.4, -0.2) is 11.7 Å². The summed E-state index contributed by atoms with van der Waals surface area (Å²) in [6, 6.07) is 8.15. The van der Waals surface area contributed by atoms with Gasteiger partial charge < -0.3 is 9.84 Å². The minimum Gasteiger partial charge on any atom is -0.360 e. The van der Waals surface area contributed by atoms with Crippen LogP contribution in [0.2, 0.25) is 0 Å². The number of hydrogen-bond acceptors (Lipinski definition) is 2. The predicted molar refractivity (Wildman–Crippen MR) is 48.3 cm³/mol. The summed E-state index contributed by atoms with van der Waals surface area (Å²) < 4.78 is 4.95. The van der Waals surface area contributed by atoms with Crippen molar-refractivity contribution in [3.8, 4) is 0 Å². The molecule has 68 valence electrons. The summed E-state index contributed by atoms with van der Waals surface area (Å²) in [7, 11) is 0. The van der Waals surface area contributed by atoms with Crippen molar-refractivity contribution in [3.63, 3.8) is 0 Å². The molecule has 2 heteroatoms. The molecule has 1 aliphatic heterocycles. The second-order valence-corrected chi connectivity index (χ2v) is 3.97. The Morgan fingerprint density at radius 2 is 1.85 bits per heavy atom. The summed E-state index contributed by atoms with van der Waals surface area (Å²) in [5.41, 5.74) is 2.28. The number of ether oxygens (including phenoxy) is 1. The van der Waals surface area contributed by atoms with Crippen molar-refractivity contribution in [2.75, 3.05) is 6.61 Å². The standard InChI is InChI=1S/C11H12O2/c12-11(7-13-11)10-5-3-9(4-6-10)8-1-2-8/h3-6,8,12H,1-2,7H2. The average molecular weight is 176 g/mol. The zero-order valence-electron chi connectivity index (χ0n) is 7.36. The first-order valence-corrected chi connectivity index (χ1v) is 4.75. The van der Waals surface area contributed by atoms with E-state index in [1.54, 1.807) is 0 Å². The van der Waals surface area contributed by atoms with Crippen LogP contribution in [-0.2, 0) is 10.5 Å². The van der Waals surface area contributed by atoms with Crippen molar-refractivity contribution in [3.05, 3.63) is 35.4 Å². The third-order valence-corrected chi connectivity index (χ3v) is 2.83. The molecule has 1 heterocycles. The fourth-order valence-corrected chi connectivity index (χ4v) is 1.67. The zero-order chi connectivity index (χ0) is 8.89. The molecule has 2 aliphatic rings. The molecule has 0 amide bonds. The minimum atomic E-state index is -0.956. The molecule has 0 bridgehead atoms. The highest BCUT2D eigenvalue weighted by Gasteiger charge is 2.44. The van der Waals surface area contributed by atoms with Crippen LogP contribution in [0.5, 0.6) is 0 Å². The maximum Gasteiger partial charge on any atom is 0.217 e. The van der Waals surface area contributed by atoms with Crippen molar-refractivity contribution in [2.24, 2.45) is 0 Å². The number of hydrogen-bond donors (Lipinski definition) is 1. The van der Waals surface area contributed by atoms with Crippen molar-refractivity contribution in [1.82, 2.24) is 0 Å². The highest BCUT2D eigenvalue weighted by molar-refractivity contribution is 5.31. The quantitative estimate of drug-likeness (QED) is 0.696. The van der Waals surface area contributed by atoms with Gasteiger partial charge >= 0.3 is 0 Å². The SMILES string of the molecule is OC1(c2ccc(C3CC3)cc2)CO1. The lowest BCUT2D eigenvalue weighted by Gasteiger charge is -2.05. The Kier molecular flexibility index (Phi) is 1.35. The monoisotopic (exact) mass is 176 g/mol. The molecule has 1 unspecified atom stereocenters. The van der Waals surface area contributed by atoms with Crippen molar-refractivity contribution >= 4 is 0 Å². The van der Waals surface area contributed by atoms with Gasteiger partial charge in [0, 0.05) is 5.56 Å². The Morgan fingerprint density at radius 3 is 2.31 bits per heavy atom. The van der Waals surface area contributed by atoms with Gasteiger partial charge in [0.25, 0.3) is 0 Å². The van der Waals surface area contributed by atoms with Gasteiger partial charge in [0.15, 0.2) is 0 Å². The molecule has 3 rings (SSSR count). The Hall–Kier alpha value is -0.860. The van der Waals surface area contributed by atoms with Crippen LogP contribution < -0.4 is 0 Å². The van der Waals surface area contributed by atoms with E-state index in [0.717, 1.165) is 11.5 Å². The summed E-state index contributed by atoms with van der Waals surface area (Å²) in [6.45, 7) is 0.440. The highest BCUT2D eigenvalue weighted by atomic mass is 16.7. The fourth-order valence-electron chi connectivity index (χ4n) is 1.67. The van der Waals surface area contributed by atoms with Gasteiger partial charge in [0.05, 0.1) is 0 Å². The van der Waals surface area contributed by atoms with Gasteiger partial charge in [-0.1, -0.05) is 24.3 Å². The van der Waals surface area contributed by atoms with E-state index < -0.39 is 5.79 Å². The Balaban J connectivity index is 1.89. The molecule has 1 aromatic carbocycles. The third-order valence-electron chi connectivity index (χ3n) is 2.83. The Morgan fingerprint density at radius 1 is 1.23 bits per heavy atom. The Labute approximate surface area is 77.2 Å². The molecule has 0 radical (unpaired) electrons. The molecule has 0 aromatic heterocycles. The van der Waals surface area contributed by atoms with Gasteiger partial charge in [0.2, 0.25) is 5.79 Å². The third kappa shape index (κ3) is 1.26. The maximum absolute atomic E-state index is 9.62. The first kappa shape index (κ1) is 7.54. The van der Waals surface area contributed by atoms with Gasteiger partial charge in [0.1, 0.15) is 6.61 Å². The van der Waals surface area contributed by atoms with Gasteiger partial charge in [-0.15, -0.1) is 0 Å². The van der Waals surface area contributed by atoms with Crippen molar-refractivity contribution < 1.29 is 9.84 Å². The number of benzene rings is 1. The normalized spacial score (nSPS) is 31.8. The second-order valence-electron chi connectivity index (χ2n) is 3.97. The van der Waals surface area contributed by atoms with E-state index in [0.29, 0.717) is 6.61 Å². The maximum atomic E-state index is 9.62. The van der Waals surface area contributed by atoms with E-state index in [1.165, 1.54) is 18.4 Å². The largest absolute Gasteiger partial charge is 0.360 e. The average Bonchev–Trinajstić information content (AvgIpc) is 2.98. The molecule has 1 aromatic rings. The number of epoxide rings is 1. The van der Waals surface area contributed by atoms with E-state index in [1.807, 2.05) is 12.1 Å². The summed E-state index contributed by atoms with van der Waals surface area (Å²) in [5, 5.41) is 9.62. The number of aliphatic hydroxyl groups is 1. The summed E-state index contributed by atoms with van der Waals surface area (Å²) >= 11 is 0. The first-order chi connectivity index (χ1) is 6.28. The van der Waals surface area contributed by atoms with Crippen LogP contribution in [0, 0.1) is 0 Å². The lowest BCUT2D eigenvalue weighted by molar-refractivity contribution is 0.0334. The van der Waals surface area contributed by atoms with E-state index in [2.05, 4.69) is 12.1 Å². The van der Waals surface area contributed by atoms with E-state index in [9.17, 15) is 5.11 Å². The molecule has 1 atom stereocenters. The van der Waals surface area contributed by atoms with E-state index in [-0.39, 0.29) is 0 Å². The van der Waals surface area contributed by atoms with Crippen molar-refractivity contribution in [1.29, 1.82) is 0 Å². The molecule has 13 heavy (non-hydrogen) atoms. The molecule has 1 aliphatic carbocycles. The molecule has 2 fully saturated rings. The summed E-state index contributed by atoms with van der Waals surface area (Å²) in [6.07, 6.45) is 2.64. The minimum absolute atomic E-state index is 0.440. The molecule has 1 saturated carbocycles. The van der Waals surface area contributed by atoms with Gasteiger partial charge in [-0.3, -0.25) is 0 Å². The van der Waals surface area contributed by atoms with Crippen LogP contribution in [0.3, 0.4) is 0 Å². The summed E-state index contributed by atoms with van der Waals surface area (Å²) in [4.78, 5) is 0. The Bertz CT molecular complexity index is 320. The van der Waals surface area contributed by atoms with Crippen LogP contribution in [0.15, 0.2) is 24.3 Å². The van der Waals surface area contributed by atoms with Crippen LogP contribution in [0.25, 0.3) is 0 Å². The fraction of sp³-hybridized carbons (Fsp3) is 0.455. The lowest BCUT2D eigenvalue weighted by Crippen LogP contribution is -2.05. The van der Waals surface area contributed by atoms with Gasteiger partial charge in [-0.2, -0.15) is 0 Å². The molecular weight excluding hydrogens is 164 g/mol. The smallest absolute Gasteiger partial charge is 0.217 e. The van der Waals surface area contributed by atoms with E-state index in [4.69, 9.17) is 4.74 Å². The predicted octanol–water partition coefficient (Wildman–Crippen LogP) is 1.74.